The Bertz CT molecular complexity index is 793. The van der Waals surface area contributed by atoms with Crippen LogP contribution < -0.4 is 11.1 Å². The van der Waals surface area contributed by atoms with Gasteiger partial charge < -0.3 is 11.1 Å². The molecule has 0 aliphatic rings. The molecule has 2 heterocycles. The molecule has 7 heteroatoms. The van der Waals surface area contributed by atoms with E-state index in [-0.39, 0.29) is 0 Å². The summed E-state index contributed by atoms with van der Waals surface area (Å²) in [7, 11) is 0. The molecule has 3 aromatic rings. The molecule has 0 atom stereocenters. The summed E-state index contributed by atoms with van der Waals surface area (Å²) in [6, 6.07) is 7.28. The number of fused-ring (bicyclic) bond motifs is 1. The minimum atomic E-state index is 0.424. The molecule has 0 aliphatic heterocycles. The molecule has 20 heavy (non-hydrogen) atoms. The first-order valence-electron chi connectivity index (χ1n) is 5.72. The van der Waals surface area contributed by atoms with E-state index < -0.39 is 0 Å². The van der Waals surface area contributed by atoms with Crippen LogP contribution in [0.25, 0.3) is 10.9 Å². The number of pyridine rings is 1. The van der Waals surface area contributed by atoms with Crippen molar-refractivity contribution < 1.29 is 0 Å². The second kappa shape index (κ2) is 5.22. The number of hydrogen-bond acceptors (Lipinski definition) is 5. The molecular formula is C13H9BrClN5. The van der Waals surface area contributed by atoms with Gasteiger partial charge in [-0.1, -0.05) is 11.6 Å². The van der Waals surface area contributed by atoms with Crippen LogP contribution in [0.2, 0.25) is 5.02 Å². The lowest BCUT2D eigenvalue weighted by molar-refractivity contribution is 1.20. The van der Waals surface area contributed by atoms with Gasteiger partial charge in [-0.3, -0.25) is 0 Å². The molecule has 0 radical (unpaired) electrons. The fraction of sp³-hybridized carbons (Fsp3) is 0. The molecule has 5 nitrogen and oxygen atoms in total. The molecule has 0 bridgehead atoms. The smallest absolute Gasteiger partial charge is 0.141 e. The first kappa shape index (κ1) is 13.1. The molecule has 0 fully saturated rings. The van der Waals surface area contributed by atoms with Crippen LogP contribution in [0.4, 0.5) is 17.3 Å². The number of nitrogens with two attached hydrogens (primary N) is 1. The SMILES string of the molecule is Nc1cc2c(Nc3ccc(Cl)c(Br)c3)ncnc2cn1. The van der Waals surface area contributed by atoms with E-state index in [0.29, 0.717) is 16.7 Å². The van der Waals surface area contributed by atoms with Gasteiger partial charge in [0.1, 0.15) is 18.0 Å². The van der Waals surface area contributed by atoms with E-state index in [1.54, 1.807) is 18.3 Å². The summed E-state index contributed by atoms with van der Waals surface area (Å²) in [6.07, 6.45) is 3.10. The zero-order chi connectivity index (χ0) is 14.1. The molecule has 3 N–H and O–H groups in total. The van der Waals surface area contributed by atoms with Crippen LogP contribution >= 0.6 is 27.5 Å². The lowest BCUT2D eigenvalue weighted by atomic mass is 10.2. The Kier molecular flexibility index (Phi) is 3.42. The van der Waals surface area contributed by atoms with Crippen LogP contribution in [0.3, 0.4) is 0 Å². The van der Waals surface area contributed by atoms with E-state index in [1.165, 1.54) is 6.33 Å². The van der Waals surface area contributed by atoms with Gasteiger partial charge in [0.15, 0.2) is 0 Å². The van der Waals surface area contributed by atoms with Crippen LogP contribution in [0.5, 0.6) is 0 Å². The Hall–Kier alpha value is -1.92. The van der Waals surface area contributed by atoms with Crippen LogP contribution in [-0.4, -0.2) is 15.0 Å². The normalized spacial score (nSPS) is 10.7. The summed E-state index contributed by atoms with van der Waals surface area (Å²) in [5.74, 6) is 1.09. The Morgan fingerprint density at radius 3 is 2.80 bits per heavy atom. The highest BCUT2D eigenvalue weighted by molar-refractivity contribution is 9.10. The summed E-state index contributed by atoms with van der Waals surface area (Å²) in [4.78, 5) is 12.4. The van der Waals surface area contributed by atoms with Crippen molar-refractivity contribution in [2.24, 2.45) is 0 Å². The Morgan fingerprint density at radius 2 is 2.00 bits per heavy atom. The predicted molar refractivity (Wildman–Crippen MR) is 84.2 cm³/mol. The van der Waals surface area contributed by atoms with Crippen molar-refractivity contribution in [1.29, 1.82) is 0 Å². The number of benzene rings is 1. The third kappa shape index (κ3) is 2.52. The number of hydrogen-bond donors (Lipinski definition) is 2. The summed E-state index contributed by atoms with van der Waals surface area (Å²) >= 11 is 9.36. The van der Waals surface area contributed by atoms with Crippen LogP contribution in [0, 0.1) is 0 Å². The van der Waals surface area contributed by atoms with E-state index in [4.69, 9.17) is 17.3 Å². The van der Waals surface area contributed by atoms with Crippen molar-refractivity contribution in [3.63, 3.8) is 0 Å². The molecule has 0 amide bonds. The molecule has 100 valence electrons. The van der Waals surface area contributed by atoms with Gasteiger partial charge >= 0.3 is 0 Å². The number of nitrogens with zero attached hydrogens (tertiary/aromatic N) is 3. The first-order chi connectivity index (χ1) is 9.63. The van der Waals surface area contributed by atoms with Crippen molar-refractivity contribution in [3.05, 3.63) is 46.3 Å². The van der Waals surface area contributed by atoms with Crippen LogP contribution in [0.1, 0.15) is 0 Å². The fourth-order valence-corrected chi connectivity index (χ4v) is 2.28. The van der Waals surface area contributed by atoms with Gasteiger partial charge in [-0.15, -0.1) is 0 Å². The van der Waals surface area contributed by atoms with Gasteiger partial charge in [-0.2, -0.15) is 0 Å². The average Bonchev–Trinajstić information content (AvgIpc) is 2.44. The van der Waals surface area contributed by atoms with Crippen molar-refractivity contribution in [1.82, 2.24) is 15.0 Å². The quantitative estimate of drug-likeness (QED) is 0.736. The number of anilines is 3. The number of aromatic nitrogens is 3. The van der Waals surface area contributed by atoms with Gasteiger partial charge in [-0.25, -0.2) is 15.0 Å². The third-order valence-electron chi connectivity index (χ3n) is 2.73. The van der Waals surface area contributed by atoms with E-state index in [1.807, 2.05) is 12.1 Å². The summed E-state index contributed by atoms with van der Waals surface area (Å²) in [5.41, 5.74) is 7.30. The molecule has 2 aromatic heterocycles. The second-order valence-corrected chi connectivity index (χ2v) is 5.36. The van der Waals surface area contributed by atoms with Gasteiger partial charge in [0.2, 0.25) is 0 Å². The molecule has 0 saturated heterocycles. The fourth-order valence-electron chi connectivity index (χ4n) is 1.79. The lowest BCUT2D eigenvalue weighted by Gasteiger charge is -2.09. The summed E-state index contributed by atoms with van der Waals surface area (Å²) < 4.78 is 0.809. The minimum absolute atomic E-state index is 0.424. The summed E-state index contributed by atoms with van der Waals surface area (Å²) in [6.45, 7) is 0. The number of nitrogens with one attached hydrogen (secondary N) is 1. The first-order valence-corrected chi connectivity index (χ1v) is 6.89. The number of nitrogen functional groups attached to an aromatic ring is 1. The number of rotatable bonds is 2. The van der Waals surface area contributed by atoms with E-state index >= 15 is 0 Å². The maximum Gasteiger partial charge on any atom is 0.141 e. The lowest BCUT2D eigenvalue weighted by Crippen LogP contribution is -1.98. The highest BCUT2D eigenvalue weighted by atomic mass is 79.9. The molecule has 0 unspecified atom stereocenters. The van der Waals surface area contributed by atoms with Crippen molar-refractivity contribution in [2.45, 2.75) is 0 Å². The molecular weight excluding hydrogens is 342 g/mol. The largest absolute Gasteiger partial charge is 0.384 e. The third-order valence-corrected chi connectivity index (χ3v) is 3.94. The predicted octanol–water partition coefficient (Wildman–Crippen LogP) is 3.77. The molecule has 3 rings (SSSR count). The van der Waals surface area contributed by atoms with Crippen molar-refractivity contribution in [2.75, 3.05) is 11.1 Å². The highest BCUT2D eigenvalue weighted by Gasteiger charge is 2.06. The van der Waals surface area contributed by atoms with Gasteiger partial charge in [-0.05, 0) is 40.2 Å². The second-order valence-electron chi connectivity index (χ2n) is 4.10. The van der Waals surface area contributed by atoms with Gasteiger partial charge in [0.05, 0.1) is 16.7 Å². The summed E-state index contributed by atoms with van der Waals surface area (Å²) in [5, 5.41) is 4.68. The monoisotopic (exact) mass is 349 g/mol. The van der Waals surface area contributed by atoms with E-state index in [2.05, 4.69) is 36.2 Å². The molecule has 0 spiro atoms. The van der Waals surface area contributed by atoms with E-state index in [0.717, 1.165) is 21.1 Å². The zero-order valence-electron chi connectivity index (χ0n) is 10.1. The van der Waals surface area contributed by atoms with Crippen molar-refractivity contribution >= 4 is 55.8 Å². The molecule has 0 aliphatic carbocycles. The van der Waals surface area contributed by atoms with Crippen LogP contribution in [-0.2, 0) is 0 Å². The van der Waals surface area contributed by atoms with Gasteiger partial charge in [0, 0.05) is 15.5 Å². The standard InChI is InChI=1S/C13H9BrClN5/c14-9-3-7(1-2-10(9)15)20-13-8-4-12(16)17-5-11(8)18-6-19-13/h1-6H,(H2,16,17)(H,18,19,20). The highest BCUT2D eigenvalue weighted by Crippen LogP contribution is 2.29. The number of halogens is 2. The maximum atomic E-state index is 5.97. The topological polar surface area (TPSA) is 76.7 Å². The van der Waals surface area contributed by atoms with Crippen LogP contribution in [0.15, 0.2) is 41.3 Å². The maximum absolute atomic E-state index is 5.97. The Balaban J connectivity index is 2.05. The zero-order valence-corrected chi connectivity index (χ0v) is 12.5. The average molecular weight is 351 g/mol. The Labute approximate surface area is 128 Å². The van der Waals surface area contributed by atoms with Gasteiger partial charge in [0.25, 0.3) is 0 Å². The molecule has 0 saturated carbocycles. The van der Waals surface area contributed by atoms with E-state index in [9.17, 15) is 0 Å². The van der Waals surface area contributed by atoms with Crippen molar-refractivity contribution in [3.8, 4) is 0 Å². The molecule has 1 aromatic carbocycles. The minimum Gasteiger partial charge on any atom is -0.384 e. The Morgan fingerprint density at radius 1 is 1.15 bits per heavy atom.